The minimum atomic E-state index is 0.771. The van der Waals surface area contributed by atoms with E-state index in [1.54, 1.807) is 0 Å². The van der Waals surface area contributed by atoms with Crippen molar-refractivity contribution >= 4 is 0 Å². The van der Waals surface area contributed by atoms with E-state index in [0.29, 0.717) is 0 Å². The minimum absolute atomic E-state index is 0.771. The molecular formula is C11H20N2. The van der Waals surface area contributed by atoms with Gasteiger partial charge in [0.25, 0.3) is 0 Å². The lowest BCUT2D eigenvalue weighted by atomic mass is 10.1. The van der Waals surface area contributed by atoms with E-state index in [2.05, 4.69) is 23.7 Å². The van der Waals surface area contributed by atoms with Gasteiger partial charge in [0.05, 0.1) is 0 Å². The molecule has 1 atom stereocenters. The van der Waals surface area contributed by atoms with E-state index < -0.39 is 0 Å². The van der Waals surface area contributed by atoms with Gasteiger partial charge in [-0.15, -0.1) is 0 Å². The van der Waals surface area contributed by atoms with Crippen molar-refractivity contribution in [2.45, 2.75) is 25.8 Å². The van der Waals surface area contributed by atoms with Crippen LogP contribution in [-0.4, -0.2) is 37.1 Å². The van der Waals surface area contributed by atoms with E-state index in [0.717, 1.165) is 25.0 Å². The fourth-order valence-electron chi connectivity index (χ4n) is 2.18. The van der Waals surface area contributed by atoms with E-state index in [-0.39, 0.29) is 0 Å². The Labute approximate surface area is 81.0 Å². The summed E-state index contributed by atoms with van der Waals surface area (Å²) in [6.45, 7) is 10.8. The van der Waals surface area contributed by atoms with Crippen LogP contribution in [0.2, 0.25) is 0 Å². The zero-order valence-electron chi connectivity index (χ0n) is 8.55. The molecule has 2 rings (SSSR count). The highest BCUT2D eigenvalue weighted by Gasteiger charge is 2.33. The Morgan fingerprint density at radius 2 is 2.31 bits per heavy atom. The average Bonchev–Trinajstić information content (AvgIpc) is 2.85. The Kier molecular flexibility index (Phi) is 2.70. The van der Waals surface area contributed by atoms with Crippen LogP contribution in [-0.2, 0) is 0 Å². The molecule has 13 heavy (non-hydrogen) atoms. The van der Waals surface area contributed by atoms with Crippen LogP contribution in [0.5, 0.6) is 0 Å². The van der Waals surface area contributed by atoms with E-state index in [1.807, 2.05) is 0 Å². The van der Waals surface area contributed by atoms with Crippen LogP contribution in [0.4, 0.5) is 0 Å². The summed E-state index contributed by atoms with van der Waals surface area (Å²) >= 11 is 0. The number of nitrogens with zero attached hydrogens (tertiary/aromatic N) is 1. The van der Waals surface area contributed by atoms with E-state index in [4.69, 9.17) is 0 Å². The summed E-state index contributed by atoms with van der Waals surface area (Å²) in [5, 5.41) is 3.61. The highest BCUT2D eigenvalue weighted by atomic mass is 15.2. The van der Waals surface area contributed by atoms with Gasteiger partial charge in [-0.2, -0.15) is 0 Å². The van der Waals surface area contributed by atoms with Gasteiger partial charge in [-0.3, -0.25) is 4.90 Å². The van der Waals surface area contributed by atoms with Crippen molar-refractivity contribution in [3.63, 3.8) is 0 Å². The van der Waals surface area contributed by atoms with Crippen LogP contribution in [0.15, 0.2) is 12.2 Å². The maximum absolute atomic E-state index is 3.97. The molecule has 1 N–H and O–H groups in total. The van der Waals surface area contributed by atoms with Gasteiger partial charge in [0.1, 0.15) is 0 Å². The van der Waals surface area contributed by atoms with Gasteiger partial charge >= 0.3 is 0 Å². The molecule has 1 saturated heterocycles. The van der Waals surface area contributed by atoms with Gasteiger partial charge in [0.15, 0.2) is 0 Å². The molecule has 1 heterocycles. The largest absolute Gasteiger partial charge is 0.311 e. The predicted molar refractivity (Wildman–Crippen MR) is 55.8 cm³/mol. The summed E-state index contributed by atoms with van der Waals surface area (Å²) in [6, 6.07) is 0.771. The van der Waals surface area contributed by atoms with Gasteiger partial charge < -0.3 is 5.32 Å². The maximum atomic E-state index is 3.97. The van der Waals surface area contributed by atoms with Crippen molar-refractivity contribution in [2.75, 3.05) is 26.2 Å². The highest BCUT2D eigenvalue weighted by Crippen LogP contribution is 2.33. The Morgan fingerprint density at radius 1 is 1.54 bits per heavy atom. The molecule has 0 aromatic carbocycles. The summed E-state index contributed by atoms with van der Waals surface area (Å²) in [6.07, 6.45) is 2.89. The van der Waals surface area contributed by atoms with E-state index in [9.17, 15) is 0 Å². The Hall–Kier alpha value is -0.340. The first kappa shape index (κ1) is 9.22. The lowest BCUT2D eigenvalue weighted by Gasteiger charge is -2.33. The molecule has 2 nitrogen and oxygen atoms in total. The van der Waals surface area contributed by atoms with Crippen molar-refractivity contribution in [3.8, 4) is 0 Å². The van der Waals surface area contributed by atoms with Gasteiger partial charge in [-0.05, 0) is 25.7 Å². The van der Waals surface area contributed by atoms with Crippen LogP contribution in [0.25, 0.3) is 0 Å². The molecule has 74 valence electrons. The number of hydrogen-bond donors (Lipinski definition) is 1. The average molecular weight is 180 g/mol. The molecule has 0 amide bonds. The third-order valence-electron chi connectivity index (χ3n) is 2.97. The third kappa shape index (κ3) is 2.55. The molecule has 1 aliphatic carbocycles. The zero-order valence-corrected chi connectivity index (χ0v) is 8.55. The van der Waals surface area contributed by atoms with Crippen molar-refractivity contribution in [2.24, 2.45) is 5.92 Å². The maximum Gasteiger partial charge on any atom is 0.0223 e. The second kappa shape index (κ2) is 3.81. The Bertz CT molecular complexity index is 196. The molecule has 0 spiro atoms. The molecule has 1 saturated carbocycles. The van der Waals surface area contributed by atoms with Crippen LogP contribution in [0.3, 0.4) is 0 Å². The van der Waals surface area contributed by atoms with Gasteiger partial charge in [0.2, 0.25) is 0 Å². The Morgan fingerprint density at radius 3 is 2.92 bits per heavy atom. The topological polar surface area (TPSA) is 15.3 Å². The molecule has 2 fully saturated rings. The summed E-state index contributed by atoms with van der Waals surface area (Å²) in [4.78, 5) is 2.53. The lowest BCUT2D eigenvalue weighted by Crippen LogP contribution is -2.51. The first-order valence-electron chi connectivity index (χ1n) is 5.36. The predicted octanol–water partition coefficient (Wildman–Crippen LogP) is 1.25. The minimum Gasteiger partial charge on any atom is -0.311 e. The van der Waals surface area contributed by atoms with Gasteiger partial charge in [-0.1, -0.05) is 12.2 Å². The molecule has 1 aliphatic heterocycles. The van der Waals surface area contributed by atoms with Crippen LogP contribution >= 0.6 is 0 Å². The second-order valence-corrected chi connectivity index (χ2v) is 4.59. The smallest absolute Gasteiger partial charge is 0.0223 e. The molecule has 2 aliphatic rings. The van der Waals surface area contributed by atoms with Crippen molar-refractivity contribution in [1.82, 2.24) is 10.2 Å². The zero-order chi connectivity index (χ0) is 9.26. The molecular weight excluding hydrogens is 160 g/mol. The number of nitrogens with one attached hydrogen (secondary N) is 1. The number of piperazine rings is 1. The molecule has 0 aromatic heterocycles. The van der Waals surface area contributed by atoms with Crippen LogP contribution < -0.4 is 5.32 Å². The van der Waals surface area contributed by atoms with E-state index in [1.165, 1.54) is 31.5 Å². The monoisotopic (exact) mass is 180 g/mol. The standard InChI is InChI=1S/C11H20N2/c1-9(2)7-13-6-5-12-11(8-13)10-3-4-10/h10-12H,1,3-8H2,2H3. The summed E-state index contributed by atoms with van der Waals surface area (Å²) < 4.78 is 0. The lowest BCUT2D eigenvalue weighted by molar-refractivity contribution is 0.202. The molecule has 0 aromatic rings. The first-order valence-corrected chi connectivity index (χ1v) is 5.36. The molecule has 0 radical (unpaired) electrons. The van der Waals surface area contributed by atoms with Crippen LogP contribution in [0, 0.1) is 5.92 Å². The SMILES string of the molecule is C=C(C)CN1CCNC(C2CC2)C1. The number of hydrogen-bond acceptors (Lipinski definition) is 2. The fraction of sp³-hybridized carbons (Fsp3) is 0.818. The quantitative estimate of drug-likeness (QED) is 0.658. The van der Waals surface area contributed by atoms with Crippen LogP contribution in [0.1, 0.15) is 19.8 Å². The van der Waals surface area contributed by atoms with Gasteiger partial charge in [0, 0.05) is 32.2 Å². The van der Waals surface area contributed by atoms with Crippen molar-refractivity contribution < 1.29 is 0 Å². The Balaban J connectivity index is 1.80. The fourth-order valence-corrected chi connectivity index (χ4v) is 2.18. The molecule has 0 bridgehead atoms. The summed E-state index contributed by atoms with van der Waals surface area (Å²) in [7, 11) is 0. The number of rotatable bonds is 3. The van der Waals surface area contributed by atoms with Crippen molar-refractivity contribution in [1.29, 1.82) is 0 Å². The third-order valence-corrected chi connectivity index (χ3v) is 2.97. The van der Waals surface area contributed by atoms with E-state index >= 15 is 0 Å². The first-order chi connectivity index (χ1) is 6.25. The van der Waals surface area contributed by atoms with Gasteiger partial charge in [-0.25, -0.2) is 0 Å². The highest BCUT2D eigenvalue weighted by molar-refractivity contribution is 4.96. The second-order valence-electron chi connectivity index (χ2n) is 4.59. The molecule has 1 unspecified atom stereocenters. The normalized spacial score (nSPS) is 30.4. The summed E-state index contributed by atoms with van der Waals surface area (Å²) in [5.74, 6) is 0.980. The summed E-state index contributed by atoms with van der Waals surface area (Å²) in [5.41, 5.74) is 1.29. The molecule has 2 heteroatoms. The van der Waals surface area contributed by atoms with Crippen molar-refractivity contribution in [3.05, 3.63) is 12.2 Å².